The lowest BCUT2D eigenvalue weighted by Gasteiger charge is -2.18. The van der Waals surface area contributed by atoms with Crippen LogP contribution in [0.3, 0.4) is 0 Å². The van der Waals surface area contributed by atoms with E-state index in [0.29, 0.717) is 0 Å². The van der Waals surface area contributed by atoms with Gasteiger partial charge in [0, 0.05) is 5.54 Å². The molecule has 0 heterocycles. The molecule has 1 unspecified atom stereocenters. The minimum Gasteiger partial charge on any atom is -0.393 e. The fourth-order valence-electron chi connectivity index (χ4n) is 0.581. The van der Waals surface area contributed by atoms with Gasteiger partial charge in [0.05, 0.1) is 6.10 Å². The van der Waals surface area contributed by atoms with Gasteiger partial charge in [0.2, 0.25) is 0 Å². The predicted octanol–water partition coefficient (Wildman–Crippen LogP) is 0.885. The van der Waals surface area contributed by atoms with Crippen molar-refractivity contribution in [1.82, 2.24) is 0 Å². The molecule has 0 aromatic heterocycles. The van der Waals surface area contributed by atoms with Crippen molar-refractivity contribution in [2.24, 2.45) is 5.73 Å². The van der Waals surface area contributed by atoms with Gasteiger partial charge in [-0.05, 0) is 33.6 Å². The molecule has 0 aliphatic rings. The number of rotatable bonds is 3. The summed E-state index contributed by atoms with van der Waals surface area (Å²) in [6.07, 6.45) is 1.46. The van der Waals surface area contributed by atoms with Crippen LogP contribution in [-0.4, -0.2) is 16.7 Å². The molecular weight excluding hydrogens is 114 g/mol. The first-order chi connectivity index (χ1) is 3.92. The highest BCUT2D eigenvalue weighted by molar-refractivity contribution is 4.71. The van der Waals surface area contributed by atoms with Gasteiger partial charge in [0.25, 0.3) is 0 Å². The molecule has 0 bridgehead atoms. The molecule has 56 valence electrons. The van der Waals surface area contributed by atoms with Gasteiger partial charge in [0.1, 0.15) is 0 Å². The highest BCUT2D eigenvalue weighted by Crippen LogP contribution is 2.08. The van der Waals surface area contributed by atoms with Gasteiger partial charge in [-0.3, -0.25) is 0 Å². The maximum absolute atomic E-state index is 8.86. The second-order valence-corrected chi connectivity index (χ2v) is 3.38. The summed E-state index contributed by atoms with van der Waals surface area (Å²) in [6.45, 7) is 5.72. The molecule has 9 heavy (non-hydrogen) atoms. The second-order valence-electron chi connectivity index (χ2n) is 3.38. The van der Waals surface area contributed by atoms with Gasteiger partial charge in [-0.2, -0.15) is 0 Å². The summed E-state index contributed by atoms with van der Waals surface area (Å²) in [5, 5.41) is 8.86. The smallest absolute Gasteiger partial charge is 0.0512 e. The van der Waals surface area contributed by atoms with Crippen LogP contribution in [0.2, 0.25) is 0 Å². The number of aliphatic hydroxyl groups is 1. The fourth-order valence-corrected chi connectivity index (χ4v) is 0.581. The third kappa shape index (κ3) is 7.92. The lowest BCUT2D eigenvalue weighted by atomic mass is 9.98. The molecular formula is C7H17NO. The SMILES string of the molecule is CC(O)CCC(C)(C)N. The van der Waals surface area contributed by atoms with E-state index in [2.05, 4.69) is 0 Å². The van der Waals surface area contributed by atoms with Crippen LogP contribution in [-0.2, 0) is 0 Å². The molecule has 1 atom stereocenters. The molecule has 0 fully saturated rings. The quantitative estimate of drug-likeness (QED) is 0.597. The Morgan fingerprint density at radius 1 is 1.56 bits per heavy atom. The van der Waals surface area contributed by atoms with Crippen LogP contribution >= 0.6 is 0 Å². The van der Waals surface area contributed by atoms with E-state index in [9.17, 15) is 0 Å². The first-order valence-electron chi connectivity index (χ1n) is 3.39. The van der Waals surface area contributed by atoms with Crippen LogP contribution in [0, 0.1) is 0 Å². The van der Waals surface area contributed by atoms with Gasteiger partial charge in [-0.25, -0.2) is 0 Å². The van der Waals surface area contributed by atoms with E-state index < -0.39 is 0 Å². The van der Waals surface area contributed by atoms with Gasteiger partial charge in [-0.1, -0.05) is 0 Å². The molecule has 3 N–H and O–H groups in total. The number of nitrogens with two attached hydrogens (primary N) is 1. The standard InChI is InChI=1S/C7H17NO/c1-6(9)4-5-7(2,3)8/h6,9H,4-5,8H2,1-3H3. The minimum absolute atomic E-state index is 0.128. The lowest BCUT2D eigenvalue weighted by Crippen LogP contribution is -2.32. The Bertz CT molecular complexity index is 73.5. The zero-order chi connectivity index (χ0) is 7.49. The maximum atomic E-state index is 8.86. The summed E-state index contributed by atoms with van der Waals surface area (Å²) in [4.78, 5) is 0. The summed E-state index contributed by atoms with van der Waals surface area (Å²) in [5.74, 6) is 0. The summed E-state index contributed by atoms with van der Waals surface area (Å²) >= 11 is 0. The summed E-state index contributed by atoms with van der Waals surface area (Å²) in [7, 11) is 0. The van der Waals surface area contributed by atoms with Gasteiger partial charge >= 0.3 is 0 Å². The highest BCUT2D eigenvalue weighted by atomic mass is 16.3. The topological polar surface area (TPSA) is 46.2 Å². The molecule has 0 amide bonds. The third-order valence-electron chi connectivity index (χ3n) is 1.21. The maximum Gasteiger partial charge on any atom is 0.0512 e. The largest absolute Gasteiger partial charge is 0.393 e. The summed E-state index contributed by atoms with van der Waals surface area (Å²) < 4.78 is 0. The van der Waals surface area contributed by atoms with Crippen molar-refractivity contribution < 1.29 is 5.11 Å². The Morgan fingerprint density at radius 3 is 2.11 bits per heavy atom. The Morgan fingerprint density at radius 2 is 2.00 bits per heavy atom. The molecule has 0 aliphatic carbocycles. The molecule has 2 nitrogen and oxygen atoms in total. The van der Waals surface area contributed by atoms with Crippen molar-refractivity contribution in [3.05, 3.63) is 0 Å². The van der Waals surface area contributed by atoms with E-state index in [1.165, 1.54) is 0 Å². The molecule has 0 rings (SSSR count). The van der Waals surface area contributed by atoms with Crippen molar-refractivity contribution in [3.63, 3.8) is 0 Å². The van der Waals surface area contributed by atoms with E-state index in [1.807, 2.05) is 13.8 Å². The molecule has 0 aromatic carbocycles. The van der Waals surface area contributed by atoms with E-state index in [4.69, 9.17) is 10.8 Å². The van der Waals surface area contributed by atoms with Crippen LogP contribution in [0.15, 0.2) is 0 Å². The summed E-state index contributed by atoms with van der Waals surface area (Å²) in [5.41, 5.74) is 5.54. The molecule has 2 heteroatoms. The van der Waals surface area contributed by atoms with E-state index in [0.717, 1.165) is 12.8 Å². The zero-order valence-electron chi connectivity index (χ0n) is 6.52. The molecule has 0 aliphatic heterocycles. The Balaban J connectivity index is 3.28. The first-order valence-corrected chi connectivity index (χ1v) is 3.39. The average Bonchev–Trinajstić information content (AvgIpc) is 1.59. The minimum atomic E-state index is -0.215. The van der Waals surface area contributed by atoms with Crippen LogP contribution in [0.5, 0.6) is 0 Å². The highest BCUT2D eigenvalue weighted by Gasteiger charge is 2.10. The number of hydrogen-bond acceptors (Lipinski definition) is 2. The molecule has 0 saturated carbocycles. The van der Waals surface area contributed by atoms with Crippen LogP contribution in [0.1, 0.15) is 33.6 Å². The monoisotopic (exact) mass is 131 g/mol. The van der Waals surface area contributed by atoms with Crippen molar-refractivity contribution in [1.29, 1.82) is 0 Å². The molecule has 0 aromatic rings. The first kappa shape index (κ1) is 8.92. The van der Waals surface area contributed by atoms with E-state index in [-0.39, 0.29) is 11.6 Å². The van der Waals surface area contributed by atoms with Crippen LogP contribution in [0.25, 0.3) is 0 Å². The summed E-state index contributed by atoms with van der Waals surface area (Å²) in [6, 6.07) is 0. The number of aliphatic hydroxyl groups excluding tert-OH is 1. The van der Waals surface area contributed by atoms with E-state index >= 15 is 0 Å². The Kier molecular flexibility index (Phi) is 3.15. The second kappa shape index (κ2) is 3.18. The zero-order valence-corrected chi connectivity index (χ0v) is 6.52. The predicted molar refractivity (Wildman–Crippen MR) is 39.2 cm³/mol. The van der Waals surface area contributed by atoms with Gasteiger partial charge in [-0.15, -0.1) is 0 Å². The van der Waals surface area contributed by atoms with Crippen molar-refractivity contribution in [2.45, 2.75) is 45.3 Å². The normalized spacial score (nSPS) is 15.7. The molecule has 0 spiro atoms. The Labute approximate surface area is 57.1 Å². The van der Waals surface area contributed by atoms with E-state index in [1.54, 1.807) is 6.92 Å². The molecule has 0 radical (unpaired) electrons. The van der Waals surface area contributed by atoms with Crippen molar-refractivity contribution >= 4 is 0 Å². The van der Waals surface area contributed by atoms with Crippen LogP contribution < -0.4 is 5.73 Å². The van der Waals surface area contributed by atoms with Crippen molar-refractivity contribution in [2.75, 3.05) is 0 Å². The van der Waals surface area contributed by atoms with Crippen LogP contribution in [0.4, 0.5) is 0 Å². The lowest BCUT2D eigenvalue weighted by molar-refractivity contribution is 0.172. The van der Waals surface area contributed by atoms with Gasteiger partial charge in [0.15, 0.2) is 0 Å². The third-order valence-corrected chi connectivity index (χ3v) is 1.21. The fraction of sp³-hybridized carbons (Fsp3) is 1.00. The molecule has 0 saturated heterocycles. The van der Waals surface area contributed by atoms with Gasteiger partial charge < -0.3 is 10.8 Å². The number of hydrogen-bond donors (Lipinski definition) is 2. The average molecular weight is 131 g/mol. The Hall–Kier alpha value is -0.0800. The van der Waals surface area contributed by atoms with Crippen molar-refractivity contribution in [3.8, 4) is 0 Å².